The van der Waals surface area contributed by atoms with Gasteiger partial charge in [0.15, 0.2) is 5.60 Å². The van der Waals surface area contributed by atoms with E-state index in [-0.39, 0.29) is 30.1 Å². The number of fused-ring (bicyclic) bond motifs is 2. The Bertz CT molecular complexity index is 871. The molecule has 0 spiro atoms. The number of nitrogens with zero attached hydrogens (tertiary/aromatic N) is 2. The molecule has 2 saturated heterocycles. The van der Waals surface area contributed by atoms with E-state index in [1.54, 1.807) is 32.9 Å². The predicted octanol–water partition coefficient (Wildman–Crippen LogP) is 1.77. The normalized spacial score (nSPS) is 25.8. The summed E-state index contributed by atoms with van der Waals surface area (Å²) >= 11 is 0. The van der Waals surface area contributed by atoms with Crippen LogP contribution < -0.4 is 0 Å². The van der Waals surface area contributed by atoms with Crippen molar-refractivity contribution in [1.29, 1.82) is 0 Å². The summed E-state index contributed by atoms with van der Waals surface area (Å²) in [5.41, 5.74) is -1.75. The van der Waals surface area contributed by atoms with E-state index in [0.29, 0.717) is 18.1 Å². The van der Waals surface area contributed by atoms with Crippen LogP contribution in [0.25, 0.3) is 0 Å². The molecule has 0 aliphatic carbocycles. The number of carbonyl (C=O) groups excluding carboxylic acids is 4. The van der Waals surface area contributed by atoms with Crippen LogP contribution in [0.2, 0.25) is 0 Å². The number of ether oxygens (including phenoxy) is 2. The fraction of sp³-hybridized carbons (Fsp3) is 0.500. The highest BCUT2D eigenvalue weighted by atomic mass is 16.7. The van der Waals surface area contributed by atoms with Crippen molar-refractivity contribution in [2.75, 3.05) is 19.7 Å². The lowest BCUT2D eigenvalue weighted by Gasteiger charge is -2.28. The maximum Gasteiger partial charge on any atom is 0.410 e. The highest BCUT2D eigenvalue weighted by Crippen LogP contribution is 2.41. The fourth-order valence-electron chi connectivity index (χ4n) is 3.93. The van der Waals surface area contributed by atoms with Gasteiger partial charge in [0, 0.05) is 19.1 Å². The third-order valence-electron chi connectivity index (χ3n) is 5.28. The number of benzene rings is 1. The van der Waals surface area contributed by atoms with Gasteiger partial charge in [-0.2, -0.15) is 0 Å². The Morgan fingerprint density at radius 3 is 2.34 bits per heavy atom. The predicted molar refractivity (Wildman–Crippen MR) is 97.6 cm³/mol. The van der Waals surface area contributed by atoms with Gasteiger partial charge in [0.2, 0.25) is 0 Å². The molecule has 0 aromatic heterocycles. The molecule has 2 fully saturated rings. The summed E-state index contributed by atoms with van der Waals surface area (Å²) in [6.45, 7) is 5.80. The van der Waals surface area contributed by atoms with Crippen molar-refractivity contribution in [2.45, 2.75) is 38.4 Å². The number of imide groups is 1. The number of rotatable bonds is 2. The smallest absolute Gasteiger partial charge is 0.410 e. The van der Waals surface area contributed by atoms with Crippen molar-refractivity contribution in [3.05, 3.63) is 35.4 Å². The number of hydrogen-bond acceptors (Lipinski definition) is 7. The summed E-state index contributed by atoms with van der Waals surface area (Å²) in [4.78, 5) is 57.0. The van der Waals surface area contributed by atoms with E-state index in [4.69, 9.17) is 14.3 Å². The van der Waals surface area contributed by atoms with Crippen LogP contribution in [0.1, 0.15) is 47.9 Å². The van der Waals surface area contributed by atoms with Gasteiger partial charge in [0.1, 0.15) is 5.60 Å². The standard InChI is InChI=1S/C20H22N2O7/c1-19(2,3)28-18(26)21-10-12-8-9-27-20(12,11-21)17(25)29-22-15(23)13-6-4-5-7-14(13)16(22)24/h4-7,12H,8-11H2,1-3H3/t12-,20+/m1/s1. The van der Waals surface area contributed by atoms with E-state index in [9.17, 15) is 19.2 Å². The zero-order valence-corrected chi connectivity index (χ0v) is 16.5. The van der Waals surface area contributed by atoms with Gasteiger partial charge in [0.25, 0.3) is 11.8 Å². The Morgan fingerprint density at radius 1 is 1.14 bits per heavy atom. The summed E-state index contributed by atoms with van der Waals surface area (Å²) in [5.74, 6) is -2.57. The number of amides is 3. The quantitative estimate of drug-likeness (QED) is 0.695. The maximum atomic E-state index is 13.0. The molecule has 4 rings (SSSR count). The zero-order valence-electron chi connectivity index (χ0n) is 16.5. The van der Waals surface area contributed by atoms with E-state index in [1.807, 2.05) is 0 Å². The summed E-state index contributed by atoms with van der Waals surface area (Å²) in [5, 5.41) is 0.469. The van der Waals surface area contributed by atoms with Crippen molar-refractivity contribution < 1.29 is 33.5 Å². The molecule has 154 valence electrons. The van der Waals surface area contributed by atoms with Crippen LogP contribution >= 0.6 is 0 Å². The van der Waals surface area contributed by atoms with Crippen molar-refractivity contribution in [1.82, 2.24) is 9.96 Å². The molecule has 3 aliphatic heterocycles. The van der Waals surface area contributed by atoms with Gasteiger partial charge >= 0.3 is 12.1 Å². The third kappa shape index (κ3) is 3.15. The number of hydroxylamine groups is 2. The fourth-order valence-corrected chi connectivity index (χ4v) is 3.93. The molecule has 3 heterocycles. The monoisotopic (exact) mass is 402 g/mol. The lowest BCUT2D eigenvalue weighted by molar-refractivity contribution is -0.192. The van der Waals surface area contributed by atoms with Crippen molar-refractivity contribution in [3.8, 4) is 0 Å². The topological polar surface area (TPSA) is 102 Å². The van der Waals surface area contributed by atoms with Crippen molar-refractivity contribution >= 4 is 23.9 Å². The van der Waals surface area contributed by atoms with E-state index in [0.717, 1.165) is 0 Å². The first-order valence-corrected chi connectivity index (χ1v) is 9.44. The van der Waals surface area contributed by atoms with E-state index in [1.165, 1.54) is 17.0 Å². The van der Waals surface area contributed by atoms with Crippen LogP contribution in [0.5, 0.6) is 0 Å². The van der Waals surface area contributed by atoms with E-state index >= 15 is 0 Å². The molecule has 9 heteroatoms. The van der Waals surface area contributed by atoms with Crippen LogP contribution in [0.4, 0.5) is 4.79 Å². The van der Waals surface area contributed by atoms with Crippen LogP contribution in [0, 0.1) is 5.92 Å². The number of hydrogen-bond donors (Lipinski definition) is 0. The number of likely N-dealkylation sites (tertiary alicyclic amines) is 1. The van der Waals surface area contributed by atoms with Crippen LogP contribution in [0.15, 0.2) is 24.3 Å². The molecule has 1 aromatic rings. The molecule has 0 bridgehead atoms. The average Bonchev–Trinajstić information content (AvgIpc) is 3.27. The summed E-state index contributed by atoms with van der Waals surface area (Å²) < 4.78 is 11.1. The molecule has 0 N–H and O–H groups in total. The molecule has 9 nitrogen and oxygen atoms in total. The molecule has 3 aliphatic rings. The van der Waals surface area contributed by atoms with Gasteiger partial charge in [-0.15, -0.1) is 0 Å². The Morgan fingerprint density at radius 2 is 1.76 bits per heavy atom. The first-order valence-electron chi connectivity index (χ1n) is 9.44. The Hall–Kier alpha value is -2.94. The highest BCUT2D eigenvalue weighted by molar-refractivity contribution is 6.21. The Balaban J connectivity index is 1.52. The Kier molecular flexibility index (Phi) is 4.38. The summed E-state index contributed by atoms with van der Waals surface area (Å²) in [6.07, 6.45) is -0.000303. The second-order valence-electron chi connectivity index (χ2n) is 8.41. The molecular weight excluding hydrogens is 380 g/mol. The maximum absolute atomic E-state index is 13.0. The molecule has 1 aromatic carbocycles. The summed E-state index contributed by atoms with van der Waals surface area (Å²) in [7, 11) is 0. The van der Waals surface area contributed by atoms with Crippen molar-refractivity contribution in [3.63, 3.8) is 0 Å². The van der Waals surface area contributed by atoms with Gasteiger partial charge in [-0.1, -0.05) is 17.2 Å². The first kappa shape index (κ1) is 19.4. The van der Waals surface area contributed by atoms with Gasteiger partial charge in [-0.05, 0) is 39.3 Å². The van der Waals surface area contributed by atoms with Crippen molar-refractivity contribution in [2.24, 2.45) is 5.92 Å². The van der Waals surface area contributed by atoms with Gasteiger partial charge < -0.3 is 19.2 Å². The van der Waals surface area contributed by atoms with Crippen LogP contribution in [-0.2, 0) is 19.1 Å². The van der Waals surface area contributed by atoms with Gasteiger partial charge in [0.05, 0.1) is 17.7 Å². The van der Waals surface area contributed by atoms with E-state index in [2.05, 4.69) is 0 Å². The molecule has 2 atom stereocenters. The first-order chi connectivity index (χ1) is 13.6. The SMILES string of the molecule is CC(C)(C)OC(=O)N1C[C@H]2CCO[C@@]2(C(=O)ON2C(=O)c3ccccc3C2=O)C1. The second kappa shape index (κ2) is 6.55. The molecular formula is C20H22N2O7. The lowest BCUT2D eigenvalue weighted by Crippen LogP contribution is -2.50. The number of carbonyl (C=O) groups is 4. The lowest BCUT2D eigenvalue weighted by atomic mass is 9.91. The second-order valence-corrected chi connectivity index (χ2v) is 8.41. The average molecular weight is 402 g/mol. The molecule has 29 heavy (non-hydrogen) atoms. The molecule has 0 saturated carbocycles. The van der Waals surface area contributed by atoms with Crippen LogP contribution in [-0.4, -0.2) is 64.7 Å². The summed E-state index contributed by atoms with van der Waals surface area (Å²) in [6, 6.07) is 6.24. The Labute approximate surface area is 167 Å². The largest absolute Gasteiger partial charge is 0.444 e. The van der Waals surface area contributed by atoms with Crippen LogP contribution in [0.3, 0.4) is 0 Å². The minimum Gasteiger partial charge on any atom is -0.444 e. The molecule has 0 unspecified atom stereocenters. The third-order valence-corrected chi connectivity index (χ3v) is 5.28. The van der Waals surface area contributed by atoms with E-state index < -0.39 is 35.1 Å². The molecule has 0 radical (unpaired) electrons. The van der Waals surface area contributed by atoms with Gasteiger partial charge in [-0.3, -0.25) is 9.59 Å². The zero-order chi connectivity index (χ0) is 21.0. The minimum atomic E-state index is -1.42. The van der Waals surface area contributed by atoms with Gasteiger partial charge in [-0.25, -0.2) is 9.59 Å². The highest BCUT2D eigenvalue weighted by Gasteiger charge is 2.60. The minimum absolute atomic E-state index is 0.0609. The molecule has 3 amide bonds.